The summed E-state index contributed by atoms with van der Waals surface area (Å²) in [7, 11) is 0. The number of hydrogen-bond donors (Lipinski definition) is 2. The van der Waals surface area contributed by atoms with Gasteiger partial charge in [-0.2, -0.15) is 0 Å². The van der Waals surface area contributed by atoms with Gasteiger partial charge in [0, 0.05) is 0 Å². The van der Waals surface area contributed by atoms with Gasteiger partial charge in [0.15, 0.2) is 0 Å². The molecule has 1 atom stereocenters. The van der Waals surface area contributed by atoms with E-state index >= 15 is 0 Å². The maximum atomic E-state index is 13.8. The van der Waals surface area contributed by atoms with Crippen LogP contribution in [-0.4, -0.2) is 17.0 Å². The fourth-order valence-corrected chi connectivity index (χ4v) is 2.31. The molecule has 2 aromatic rings. The van der Waals surface area contributed by atoms with E-state index in [9.17, 15) is 14.0 Å². The summed E-state index contributed by atoms with van der Waals surface area (Å²) >= 11 is 5.84. The fraction of sp³-hybridized carbons (Fsp3) is 0.125. The number of carboxylic acids is 1. The van der Waals surface area contributed by atoms with Gasteiger partial charge < -0.3 is 10.4 Å². The zero-order valence-electron chi connectivity index (χ0n) is 11.4. The average molecular weight is 322 g/mol. The summed E-state index contributed by atoms with van der Waals surface area (Å²) in [4.78, 5) is 23.2. The van der Waals surface area contributed by atoms with Crippen molar-refractivity contribution >= 4 is 23.5 Å². The predicted octanol–water partition coefficient (Wildman–Crippen LogP) is 3.42. The highest BCUT2D eigenvalue weighted by Gasteiger charge is 2.22. The second-order valence-electron chi connectivity index (χ2n) is 4.63. The zero-order valence-corrected chi connectivity index (χ0v) is 12.2. The minimum absolute atomic E-state index is 0.0281. The molecule has 0 saturated carbocycles. The van der Waals surface area contributed by atoms with Gasteiger partial charge in [-0.15, -0.1) is 0 Å². The van der Waals surface area contributed by atoms with Crippen LogP contribution < -0.4 is 5.32 Å². The summed E-state index contributed by atoms with van der Waals surface area (Å²) < 4.78 is 13.8. The van der Waals surface area contributed by atoms with Crippen molar-refractivity contribution in [2.24, 2.45) is 0 Å². The molecule has 0 aromatic heterocycles. The maximum absolute atomic E-state index is 13.8. The quantitative estimate of drug-likeness (QED) is 0.886. The van der Waals surface area contributed by atoms with Gasteiger partial charge in [-0.3, -0.25) is 9.59 Å². The zero-order chi connectivity index (χ0) is 16.1. The third-order valence-corrected chi connectivity index (χ3v) is 3.39. The molecule has 0 bridgehead atoms. The van der Waals surface area contributed by atoms with Crippen LogP contribution in [0, 0.1) is 5.82 Å². The SMILES string of the molecule is O=C(O)C[C@H](NC(=O)c1c(F)cccc1Cl)c1ccccc1. The van der Waals surface area contributed by atoms with Gasteiger partial charge in [-0.1, -0.05) is 48.0 Å². The minimum Gasteiger partial charge on any atom is -0.481 e. The minimum atomic E-state index is -1.08. The van der Waals surface area contributed by atoms with E-state index in [0.29, 0.717) is 5.56 Å². The number of halogens is 2. The lowest BCUT2D eigenvalue weighted by Gasteiger charge is -2.18. The van der Waals surface area contributed by atoms with Gasteiger partial charge in [0.25, 0.3) is 5.91 Å². The van der Waals surface area contributed by atoms with Crippen molar-refractivity contribution in [3.8, 4) is 0 Å². The highest BCUT2D eigenvalue weighted by molar-refractivity contribution is 6.33. The monoisotopic (exact) mass is 321 g/mol. The van der Waals surface area contributed by atoms with E-state index < -0.39 is 23.7 Å². The van der Waals surface area contributed by atoms with Crippen molar-refractivity contribution in [3.05, 3.63) is 70.5 Å². The number of aliphatic carboxylic acids is 1. The third-order valence-electron chi connectivity index (χ3n) is 3.08. The Kier molecular flexibility index (Phi) is 5.12. The van der Waals surface area contributed by atoms with E-state index in [-0.39, 0.29) is 17.0 Å². The Morgan fingerprint density at radius 3 is 2.41 bits per heavy atom. The Labute approximate surface area is 131 Å². The number of carbonyl (C=O) groups excluding carboxylic acids is 1. The number of rotatable bonds is 5. The highest BCUT2D eigenvalue weighted by Crippen LogP contribution is 2.22. The van der Waals surface area contributed by atoms with Crippen molar-refractivity contribution in [1.29, 1.82) is 0 Å². The van der Waals surface area contributed by atoms with Crippen molar-refractivity contribution in [1.82, 2.24) is 5.32 Å². The van der Waals surface area contributed by atoms with Crippen LogP contribution >= 0.6 is 11.6 Å². The number of hydrogen-bond acceptors (Lipinski definition) is 2. The highest BCUT2D eigenvalue weighted by atomic mass is 35.5. The van der Waals surface area contributed by atoms with E-state index in [4.69, 9.17) is 16.7 Å². The molecule has 2 aromatic carbocycles. The van der Waals surface area contributed by atoms with Gasteiger partial charge in [0.05, 0.1) is 23.0 Å². The molecule has 0 spiro atoms. The van der Waals surface area contributed by atoms with Gasteiger partial charge in [0.1, 0.15) is 5.82 Å². The van der Waals surface area contributed by atoms with Crippen LogP contribution in [0.1, 0.15) is 28.4 Å². The molecule has 22 heavy (non-hydrogen) atoms. The number of carboxylic acid groups (broad SMARTS) is 1. The second-order valence-corrected chi connectivity index (χ2v) is 5.04. The first-order valence-corrected chi connectivity index (χ1v) is 6.88. The summed E-state index contributed by atoms with van der Waals surface area (Å²) in [5.41, 5.74) is 0.321. The normalized spacial score (nSPS) is 11.7. The van der Waals surface area contributed by atoms with Gasteiger partial charge in [0.2, 0.25) is 0 Å². The predicted molar refractivity (Wildman–Crippen MR) is 80.3 cm³/mol. The van der Waals surface area contributed by atoms with Gasteiger partial charge in [-0.25, -0.2) is 4.39 Å². The molecule has 114 valence electrons. The number of benzene rings is 2. The maximum Gasteiger partial charge on any atom is 0.305 e. The number of carbonyl (C=O) groups is 2. The van der Waals surface area contributed by atoms with Crippen LogP contribution in [-0.2, 0) is 4.79 Å². The largest absolute Gasteiger partial charge is 0.481 e. The Hall–Kier alpha value is -2.40. The van der Waals surface area contributed by atoms with Gasteiger partial charge in [-0.05, 0) is 17.7 Å². The topological polar surface area (TPSA) is 66.4 Å². The first-order chi connectivity index (χ1) is 10.5. The molecule has 0 saturated heterocycles. The summed E-state index contributed by atoms with van der Waals surface area (Å²) in [5, 5.41) is 11.5. The first kappa shape index (κ1) is 16.0. The molecule has 0 radical (unpaired) electrons. The molecule has 1 amide bonds. The van der Waals surface area contributed by atoms with Crippen LogP contribution in [0.25, 0.3) is 0 Å². The van der Waals surface area contributed by atoms with Crippen LogP contribution in [0.2, 0.25) is 5.02 Å². The molecule has 0 aliphatic heterocycles. The Morgan fingerprint density at radius 2 is 1.82 bits per heavy atom. The lowest BCUT2D eigenvalue weighted by atomic mass is 10.0. The lowest BCUT2D eigenvalue weighted by molar-refractivity contribution is -0.137. The molecule has 0 unspecified atom stereocenters. The summed E-state index contributed by atoms with van der Waals surface area (Å²) in [5.74, 6) is -2.58. The molecule has 4 nitrogen and oxygen atoms in total. The molecule has 2 rings (SSSR count). The fourth-order valence-electron chi connectivity index (χ4n) is 2.06. The van der Waals surface area contributed by atoms with E-state index in [1.807, 2.05) is 0 Å². The molecule has 0 aliphatic rings. The smallest absolute Gasteiger partial charge is 0.305 e. The Balaban J connectivity index is 2.27. The Bertz CT molecular complexity index is 671. The van der Waals surface area contributed by atoms with Gasteiger partial charge >= 0.3 is 5.97 Å². The first-order valence-electron chi connectivity index (χ1n) is 6.50. The van der Waals surface area contributed by atoms with E-state index in [1.165, 1.54) is 12.1 Å². The van der Waals surface area contributed by atoms with E-state index in [0.717, 1.165) is 6.07 Å². The summed E-state index contributed by atoms with van der Waals surface area (Å²) in [6, 6.07) is 11.7. The Morgan fingerprint density at radius 1 is 1.14 bits per heavy atom. The average Bonchev–Trinajstić information content (AvgIpc) is 2.47. The molecule has 0 fully saturated rings. The molecule has 6 heteroatoms. The standard InChI is InChI=1S/C16H13ClFNO3/c17-11-7-4-8-12(18)15(11)16(22)19-13(9-14(20)21)10-5-2-1-3-6-10/h1-8,13H,9H2,(H,19,22)(H,20,21)/t13-/m0/s1. The van der Waals surface area contributed by atoms with Crippen molar-refractivity contribution in [2.45, 2.75) is 12.5 Å². The van der Waals surface area contributed by atoms with Crippen LogP contribution in [0.15, 0.2) is 48.5 Å². The molecular weight excluding hydrogens is 309 g/mol. The summed E-state index contributed by atoms with van der Waals surface area (Å²) in [6.07, 6.45) is -0.318. The van der Waals surface area contributed by atoms with Crippen LogP contribution in [0.4, 0.5) is 4.39 Å². The number of nitrogens with one attached hydrogen (secondary N) is 1. The molecule has 0 aliphatic carbocycles. The number of amides is 1. The van der Waals surface area contributed by atoms with Crippen molar-refractivity contribution in [3.63, 3.8) is 0 Å². The second kappa shape index (κ2) is 7.04. The van der Waals surface area contributed by atoms with Crippen LogP contribution in [0.5, 0.6) is 0 Å². The molecule has 0 heterocycles. The van der Waals surface area contributed by atoms with E-state index in [2.05, 4.69) is 5.32 Å². The lowest BCUT2D eigenvalue weighted by Crippen LogP contribution is -2.31. The van der Waals surface area contributed by atoms with Crippen LogP contribution in [0.3, 0.4) is 0 Å². The molecule has 2 N–H and O–H groups in total. The summed E-state index contributed by atoms with van der Waals surface area (Å²) in [6.45, 7) is 0. The van der Waals surface area contributed by atoms with Crippen molar-refractivity contribution in [2.75, 3.05) is 0 Å². The van der Waals surface area contributed by atoms with E-state index in [1.54, 1.807) is 30.3 Å². The molecular formula is C16H13ClFNO3. The third kappa shape index (κ3) is 3.83. The van der Waals surface area contributed by atoms with Crippen molar-refractivity contribution < 1.29 is 19.1 Å².